The first-order valence-corrected chi connectivity index (χ1v) is 7.28. The Morgan fingerprint density at radius 1 is 1.13 bits per heavy atom. The van der Waals surface area contributed by atoms with Crippen LogP contribution in [0.4, 0.5) is 5.69 Å². The van der Waals surface area contributed by atoms with Crippen LogP contribution in [-0.2, 0) is 0 Å². The molecule has 0 bridgehead atoms. The highest BCUT2D eigenvalue weighted by Gasteiger charge is 2.21. The minimum atomic E-state index is -0.629. The lowest BCUT2D eigenvalue weighted by atomic mass is 10.1. The van der Waals surface area contributed by atoms with Gasteiger partial charge < -0.3 is 0 Å². The van der Waals surface area contributed by atoms with E-state index < -0.39 is 10.5 Å². The van der Waals surface area contributed by atoms with E-state index >= 15 is 0 Å². The summed E-state index contributed by atoms with van der Waals surface area (Å²) in [5.41, 5.74) is -0.264. The van der Waals surface area contributed by atoms with E-state index in [1.807, 2.05) is 0 Å². The molecular weight excluding hydrogens is 341 g/mol. The third-order valence-corrected chi connectivity index (χ3v) is 4.15. The molecule has 116 valence electrons. The van der Waals surface area contributed by atoms with Gasteiger partial charge in [0.25, 0.3) is 11.2 Å². The zero-order chi connectivity index (χ0) is 16.7. The number of aryl methyl sites for hydroxylation is 1. The quantitative estimate of drug-likeness (QED) is 0.519. The second-order valence-corrected chi connectivity index (χ2v) is 5.67. The number of benzene rings is 2. The summed E-state index contributed by atoms with van der Waals surface area (Å²) >= 11 is 11.8. The first kappa shape index (κ1) is 15.5. The van der Waals surface area contributed by atoms with E-state index in [-0.39, 0.29) is 21.4 Å². The molecule has 0 atom stereocenters. The van der Waals surface area contributed by atoms with Crippen molar-refractivity contribution in [2.24, 2.45) is 0 Å². The molecule has 0 N–H and O–H groups in total. The Morgan fingerprint density at radius 2 is 1.74 bits per heavy atom. The van der Waals surface area contributed by atoms with Crippen LogP contribution >= 0.6 is 23.2 Å². The number of aromatic nitrogens is 2. The Kier molecular flexibility index (Phi) is 3.79. The SMILES string of the molecule is Cc1nn(-c2cc(Cl)c(Cl)cc2[N+](=O)[O-])c(=O)c2ccccc12. The fraction of sp³-hybridized carbons (Fsp3) is 0.0667. The van der Waals surface area contributed by atoms with Crippen molar-refractivity contribution < 1.29 is 4.92 Å². The molecule has 3 rings (SSSR count). The molecule has 6 nitrogen and oxygen atoms in total. The Labute approximate surface area is 140 Å². The fourth-order valence-corrected chi connectivity index (χ4v) is 2.67. The zero-order valence-electron chi connectivity index (χ0n) is 11.8. The Morgan fingerprint density at radius 3 is 2.39 bits per heavy atom. The molecule has 1 heterocycles. The Bertz CT molecular complexity index is 1010. The lowest BCUT2D eigenvalue weighted by Gasteiger charge is -2.10. The van der Waals surface area contributed by atoms with E-state index in [4.69, 9.17) is 23.2 Å². The van der Waals surface area contributed by atoms with Gasteiger partial charge in [-0.1, -0.05) is 41.4 Å². The van der Waals surface area contributed by atoms with Crippen molar-refractivity contribution in [3.05, 3.63) is 72.6 Å². The minimum absolute atomic E-state index is 0.0248. The molecule has 0 unspecified atom stereocenters. The molecule has 3 aromatic rings. The van der Waals surface area contributed by atoms with E-state index in [1.165, 1.54) is 6.07 Å². The van der Waals surface area contributed by atoms with Crippen molar-refractivity contribution in [3.8, 4) is 5.69 Å². The number of fused-ring (bicyclic) bond motifs is 1. The monoisotopic (exact) mass is 349 g/mol. The summed E-state index contributed by atoms with van der Waals surface area (Å²) in [5, 5.41) is 16.7. The van der Waals surface area contributed by atoms with Crippen LogP contribution in [0.5, 0.6) is 0 Å². The highest BCUT2D eigenvalue weighted by molar-refractivity contribution is 6.42. The van der Waals surface area contributed by atoms with Gasteiger partial charge in [0.15, 0.2) is 0 Å². The van der Waals surface area contributed by atoms with Gasteiger partial charge in [-0.25, -0.2) is 0 Å². The van der Waals surface area contributed by atoms with Gasteiger partial charge in [0.1, 0.15) is 5.69 Å². The topological polar surface area (TPSA) is 78.0 Å². The standard InChI is InChI=1S/C15H9Cl2N3O3/c1-8-9-4-2-3-5-10(9)15(21)19(18-8)13-6-11(16)12(17)7-14(13)20(22)23/h2-7H,1H3. The van der Waals surface area contributed by atoms with E-state index in [1.54, 1.807) is 31.2 Å². The molecule has 2 aromatic carbocycles. The van der Waals surface area contributed by atoms with Crippen molar-refractivity contribution >= 4 is 39.7 Å². The van der Waals surface area contributed by atoms with Gasteiger partial charge >= 0.3 is 0 Å². The molecule has 0 saturated carbocycles. The van der Waals surface area contributed by atoms with Crippen molar-refractivity contribution in [3.63, 3.8) is 0 Å². The Balaban J connectivity index is 2.42. The van der Waals surface area contributed by atoms with Crippen molar-refractivity contribution in [1.29, 1.82) is 0 Å². The summed E-state index contributed by atoms with van der Waals surface area (Å²) in [6.45, 7) is 1.72. The molecule has 0 aliphatic heterocycles. The van der Waals surface area contributed by atoms with Crippen LogP contribution < -0.4 is 5.56 Å². The molecule has 0 amide bonds. The molecule has 0 spiro atoms. The van der Waals surface area contributed by atoms with Crippen LogP contribution in [0.3, 0.4) is 0 Å². The third-order valence-electron chi connectivity index (χ3n) is 3.43. The number of rotatable bonds is 2. The van der Waals surface area contributed by atoms with Crippen LogP contribution in [0.2, 0.25) is 10.0 Å². The summed E-state index contributed by atoms with van der Waals surface area (Å²) in [6.07, 6.45) is 0. The van der Waals surface area contributed by atoms with Gasteiger partial charge in [-0.05, 0) is 19.1 Å². The van der Waals surface area contributed by atoms with Crippen LogP contribution in [-0.4, -0.2) is 14.7 Å². The number of nitro groups is 1. The number of hydrogen-bond donors (Lipinski definition) is 0. The van der Waals surface area contributed by atoms with Crippen LogP contribution in [0.25, 0.3) is 16.5 Å². The summed E-state index contributed by atoms with van der Waals surface area (Å²) < 4.78 is 0.984. The van der Waals surface area contributed by atoms with E-state index in [0.717, 1.165) is 10.7 Å². The molecular formula is C15H9Cl2N3O3. The van der Waals surface area contributed by atoms with Gasteiger partial charge in [-0.2, -0.15) is 9.78 Å². The molecule has 0 aliphatic rings. The van der Waals surface area contributed by atoms with Gasteiger partial charge in [0.2, 0.25) is 0 Å². The molecule has 23 heavy (non-hydrogen) atoms. The zero-order valence-corrected chi connectivity index (χ0v) is 13.3. The number of nitro benzene ring substituents is 1. The highest BCUT2D eigenvalue weighted by atomic mass is 35.5. The lowest BCUT2D eigenvalue weighted by Crippen LogP contribution is -2.23. The van der Waals surface area contributed by atoms with Gasteiger partial charge in [-0.15, -0.1) is 0 Å². The average molecular weight is 350 g/mol. The van der Waals surface area contributed by atoms with E-state index in [9.17, 15) is 14.9 Å². The number of halogens is 2. The average Bonchev–Trinajstić information content (AvgIpc) is 2.53. The molecule has 8 heteroatoms. The predicted octanol–water partition coefficient (Wildman–Crippen LogP) is 3.91. The van der Waals surface area contributed by atoms with Crippen molar-refractivity contribution in [2.45, 2.75) is 6.92 Å². The van der Waals surface area contributed by atoms with Crippen LogP contribution in [0.15, 0.2) is 41.2 Å². The largest absolute Gasteiger partial charge is 0.296 e. The van der Waals surface area contributed by atoms with Gasteiger partial charge in [0, 0.05) is 11.5 Å². The van der Waals surface area contributed by atoms with Gasteiger partial charge in [-0.3, -0.25) is 14.9 Å². The van der Waals surface area contributed by atoms with E-state index in [2.05, 4.69) is 5.10 Å². The highest BCUT2D eigenvalue weighted by Crippen LogP contribution is 2.32. The first-order chi connectivity index (χ1) is 10.9. The number of nitrogens with zero attached hydrogens (tertiary/aromatic N) is 3. The fourth-order valence-electron chi connectivity index (χ4n) is 2.35. The maximum Gasteiger partial charge on any atom is 0.296 e. The number of hydrogen-bond acceptors (Lipinski definition) is 4. The van der Waals surface area contributed by atoms with Gasteiger partial charge in [0.05, 0.1) is 26.0 Å². The first-order valence-electron chi connectivity index (χ1n) is 6.52. The van der Waals surface area contributed by atoms with Crippen molar-refractivity contribution in [2.75, 3.05) is 0 Å². The van der Waals surface area contributed by atoms with Crippen molar-refractivity contribution in [1.82, 2.24) is 9.78 Å². The van der Waals surface area contributed by atoms with Crippen LogP contribution in [0.1, 0.15) is 5.69 Å². The molecule has 1 aromatic heterocycles. The molecule has 0 aliphatic carbocycles. The maximum atomic E-state index is 12.7. The Hall–Kier alpha value is -2.44. The second kappa shape index (κ2) is 5.64. The minimum Gasteiger partial charge on any atom is -0.267 e. The summed E-state index contributed by atoms with van der Waals surface area (Å²) in [6, 6.07) is 9.31. The summed E-state index contributed by atoms with van der Waals surface area (Å²) in [4.78, 5) is 23.3. The second-order valence-electron chi connectivity index (χ2n) is 4.86. The normalized spacial score (nSPS) is 10.9. The predicted molar refractivity (Wildman–Crippen MR) is 88.8 cm³/mol. The summed E-state index contributed by atoms with van der Waals surface area (Å²) in [5.74, 6) is 0. The smallest absolute Gasteiger partial charge is 0.267 e. The van der Waals surface area contributed by atoms with E-state index in [0.29, 0.717) is 16.5 Å². The molecule has 0 saturated heterocycles. The van der Waals surface area contributed by atoms with Crippen LogP contribution in [0, 0.1) is 17.0 Å². The maximum absolute atomic E-state index is 12.7. The lowest BCUT2D eigenvalue weighted by molar-refractivity contribution is -0.384. The molecule has 0 fully saturated rings. The molecule has 0 radical (unpaired) electrons. The third kappa shape index (κ3) is 2.56. The summed E-state index contributed by atoms with van der Waals surface area (Å²) in [7, 11) is 0.